The number of hydrogen-bond acceptors (Lipinski definition) is 4. The van der Waals surface area contributed by atoms with E-state index >= 15 is 0 Å². The van der Waals surface area contributed by atoms with Crippen LogP contribution in [0, 0.1) is 5.41 Å². The number of hydrogen-bond donors (Lipinski definition) is 2. The molecule has 0 aliphatic heterocycles. The molecule has 0 unspecified atom stereocenters. The van der Waals surface area contributed by atoms with E-state index in [9.17, 15) is 0 Å². The van der Waals surface area contributed by atoms with Crippen molar-refractivity contribution < 1.29 is 4.74 Å². The van der Waals surface area contributed by atoms with Crippen LogP contribution < -0.4 is 15.8 Å². The van der Waals surface area contributed by atoms with Gasteiger partial charge in [0.1, 0.15) is 12.4 Å². The summed E-state index contributed by atoms with van der Waals surface area (Å²) in [6, 6.07) is 7.66. The van der Waals surface area contributed by atoms with E-state index in [2.05, 4.69) is 36.0 Å². The predicted molar refractivity (Wildman–Crippen MR) is 119 cm³/mol. The van der Waals surface area contributed by atoms with Crippen molar-refractivity contribution in [1.82, 2.24) is 4.90 Å². The molecular weight excluding hydrogens is 364 g/mol. The maximum Gasteiger partial charge on any atom is 0.199 e. The minimum Gasteiger partial charge on any atom is -0.492 e. The Morgan fingerprint density at radius 3 is 2.54 bits per heavy atom. The molecule has 146 valence electrons. The van der Waals surface area contributed by atoms with Crippen LogP contribution >= 0.6 is 24.0 Å². The molecule has 3 N–H and O–H groups in total. The van der Waals surface area contributed by atoms with Gasteiger partial charge in [0.25, 0.3) is 0 Å². The highest BCUT2D eigenvalue weighted by Gasteiger charge is 2.17. The molecule has 0 atom stereocenters. The Morgan fingerprint density at radius 2 is 1.96 bits per heavy atom. The fourth-order valence-corrected chi connectivity index (χ4v) is 3.40. The fraction of sp³-hybridized carbons (Fsp3) is 0.579. The average Bonchev–Trinajstić information content (AvgIpc) is 2.54. The fourth-order valence-electron chi connectivity index (χ4n) is 2.28. The van der Waals surface area contributed by atoms with Gasteiger partial charge in [0.15, 0.2) is 10.3 Å². The normalized spacial score (nSPS) is 12.3. The van der Waals surface area contributed by atoms with Gasteiger partial charge in [0, 0.05) is 18.0 Å². The Hall–Kier alpha value is -1.31. The van der Waals surface area contributed by atoms with Gasteiger partial charge in [-0.05, 0) is 62.4 Å². The Balaban J connectivity index is 2.46. The van der Waals surface area contributed by atoms with Crippen molar-refractivity contribution >= 4 is 39.9 Å². The first-order valence-electron chi connectivity index (χ1n) is 8.87. The van der Waals surface area contributed by atoms with Crippen LogP contribution in [0.25, 0.3) is 0 Å². The first-order chi connectivity index (χ1) is 12.2. The lowest BCUT2D eigenvalue weighted by Crippen LogP contribution is -2.20. The third kappa shape index (κ3) is 9.99. The second kappa shape index (κ2) is 11.4. The van der Waals surface area contributed by atoms with E-state index in [1.165, 1.54) is 12.8 Å². The van der Waals surface area contributed by atoms with E-state index in [0.717, 1.165) is 23.7 Å². The second-order valence-electron chi connectivity index (χ2n) is 7.26. The minimum atomic E-state index is 0.247. The molecule has 26 heavy (non-hydrogen) atoms. The quantitative estimate of drug-likeness (QED) is 0.371. The summed E-state index contributed by atoms with van der Waals surface area (Å²) < 4.78 is 5.67. The number of nitrogens with one attached hydrogen (secondary N) is 1. The van der Waals surface area contributed by atoms with Crippen molar-refractivity contribution in [1.29, 1.82) is 0 Å². The Kier molecular flexibility index (Phi) is 9.98. The molecule has 0 aliphatic rings. The topological polar surface area (TPSA) is 62.9 Å². The second-order valence-corrected chi connectivity index (χ2v) is 8.64. The van der Waals surface area contributed by atoms with E-state index in [-0.39, 0.29) is 5.41 Å². The van der Waals surface area contributed by atoms with Crippen molar-refractivity contribution in [3.05, 3.63) is 24.3 Å². The number of amidine groups is 1. The summed E-state index contributed by atoms with van der Waals surface area (Å²) in [6.07, 6.45) is 2.33. The summed E-state index contributed by atoms with van der Waals surface area (Å²) in [7, 11) is 4.04. The van der Waals surface area contributed by atoms with Crippen LogP contribution in [0.4, 0.5) is 5.69 Å². The summed E-state index contributed by atoms with van der Waals surface area (Å²) in [4.78, 5) is 6.35. The first-order valence-corrected chi connectivity index (χ1v) is 10.3. The van der Waals surface area contributed by atoms with Gasteiger partial charge >= 0.3 is 0 Å². The van der Waals surface area contributed by atoms with Crippen LogP contribution in [-0.2, 0) is 0 Å². The van der Waals surface area contributed by atoms with Crippen LogP contribution in [-0.4, -0.2) is 48.2 Å². The lowest BCUT2D eigenvalue weighted by atomic mass is 9.91. The molecule has 1 aromatic rings. The summed E-state index contributed by atoms with van der Waals surface area (Å²) in [5.74, 6) is 1.76. The molecule has 0 saturated heterocycles. The largest absolute Gasteiger partial charge is 0.492 e. The number of likely N-dealkylation sites (N-methyl/N-ethyl adjacent to an activating group) is 1. The number of ether oxygens (including phenoxy) is 1. The third-order valence-electron chi connectivity index (χ3n) is 3.66. The highest BCUT2D eigenvalue weighted by molar-refractivity contribution is 8.13. The number of anilines is 1. The van der Waals surface area contributed by atoms with E-state index < -0.39 is 0 Å². The number of nitrogens with zero attached hydrogens (tertiary/aromatic N) is 2. The number of aliphatic imine (C=N–C) groups is 1. The summed E-state index contributed by atoms with van der Waals surface area (Å²) in [5.41, 5.74) is 7.11. The third-order valence-corrected chi connectivity index (χ3v) is 5.17. The molecule has 0 spiro atoms. The van der Waals surface area contributed by atoms with Crippen molar-refractivity contribution in [3.63, 3.8) is 0 Å². The molecule has 5 nitrogen and oxygen atoms in total. The van der Waals surface area contributed by atoms with Gasteiger partial charge in [-0.2, -0.15) is 4.99 Å². The van der Waals surface area contributed by atoms with E-state index in [1.807, 2.05) is 38.4 Å². The zero-order chi connectivity index (χ0) is 19.6. The van der Waals surface area contributed by atoms with Crippen LogP contribution in [0.2, 0.25) is 0 Å². The lowest BCUT2D eigenvalue weighted by Gasteiger charge is -2.22. The Labute approximate surface area is 167 Å². The minimum absolute atomic E-state index is 0.247. The molecular formula is C19H32N4OS2. The van der Waals surface area contributed by atoms with Gasteiger partial charge in [0.2, 0.25) is 0 Å². The molecule has 0 heterocycles. The predicted octanol–water partition coefficient (Wildman–Crippen LogP) is 4.20. The molecule has 0 amide bonds. The van der Waals surface area contributed by atoms with Gasteiger partial charge in [0.05, 0.1) is 0 Å². The molecule has 0 radical (unpaired) electrons. The number of thiocarbonyl (C=S) groups is 1. The SMILES string of the molecule is CCCC(C)(C)CS/C(N)=N/C(=S)Nc1ccc(OCCN(C)C)cc1. The number of rotatable bonds is 9. The highest BCUT2D eigenvalue weighted by atomic mass is 32.2. The van der Waals surface area contributed by atoms with Gasteiger partial charge in [-0.1, -0.05) is 39.0 Å². The summed E-state index contributed by atoms with van der Waals surface area (Å²) >= 11 is 6.83. The standard InChI is InChI=1S/C19H32N4OS2/c1-6-11-19(2,3)14-26-17(20)22-18(25)21-15-7-9-16(10-8-15)24-13-12-23(4)5/h7-10H,6,11-14H2,1-5H3,(H3,20,21,22,25). The summed E-state index contributed by atoms with van der Waals surface area (Å²) in [6.45, 7) is 8.22. The number of benzene rings is 1. The molecule has 1 rings (SSSR count). The molecule has 1 aromatic carbocycles. The molecule has 0 aliphatic carbocycles. The molecule has 0 saturated carbocycles. The molecule has 0 bridgehead atoms. The van der Waals surface area contributed by atoms with E-state index in [4.69, 9.17) is 22.7 Å². The van der Waals surface area contributed by atoms with Crippen molar-refractivity contribution in [2.45, 2.75) is 33.6 Å². The smallest absolute Gasteiger partial charge is 0.199 e. The van der Waals surface area contributed by atoms with Crippen molar-refractivity contribution in [3.8, 4) is 5.75 Å². The monoisotopic (exact) mass is 396 g/mol. The maximum absolute atomic E-state index is 6.00. The summed E-state index contributed by atoms with van der Waals surface area (Å²) in [5, 5.41) is 3.94. The van der Waals surface area contributed by atoms with Crippen molar-refractivity contribution in [2.24, 2.45) is 16.1 Å². The average molecular weight is 397 g/mol. The molecule has 0 aromatic heterocycles. The zero-order valence-corrected chi connectivity index (χ0v) is 18.2. The Morgan fingerprint density at radius 1 is 1.31 bits per heavy atom. The van der Waals surface area contributed by atoms with Gasteiger partial charge in [-0.3, -0.25) is 0 Å². The molecule has 7 heteroatoms. The first kappa shape index (κ1) is 22.7. The van der Waals surface area contributed by atoms with E-state index in [1.54, 1.807) is 11.8 Å². The Bertz CT molecular complexity index is 586. The maximum atomic E-state index is 6.00. The van der Waals surface area contributed by atoms with Gasteiger partial charge < -0.3 is 20.7 Å². The van der Waals surface area contributed by atoms with E-state index in [0.29, 0.717) is 16.9 Å². The van der Waals surface area contributed by atoms with Gasteiger partial charge in [-0.25, -0.2) is 0 Å². The zero-order valence-electron chi connectivity index (χ0n) is 16.5. The van der Waals surface area contributed by atoms with Crippen LogP contribution in [0.1, 0.15) is 33.6 Å². The van der Waals surface area contributed by atoms with Crippen LogP contribution in [0.15, 0.2) is 29.3 Å². The number of nitrogens with two attached hydrogens (primary N) is 1. The number of thioether (sulfide) groups is 1. The highest BCUT2D eigenvalue weighted by Crippen LogP contribution is 2.27. The van der Waals surface area contributed by atoms with Crippen molar-refractivity contribution in [2.75, 3.05) is 38.3 Å². The lowest BCUT2D eigenvalue weighted by molar-refractivity contribution is 0.261. The van der Waals surface area contributed by atoms with Crippen LogP contribution in [0.5, 0.6) is 5.75 Å². The van der Waals surface area contributed by atoms with Gasteiger partial charge in [-0.15, -0.1) is 0 Å². The molecule has 0 fully saturated rings. The van der Waals surface area contributed by atoms with Crippen LogP contribution in [0.3, 0.4) is 0 Å².